The molecule has 0 saturated carbocycles. The molecule has 1 heterocycles. The van der Waals surface area contributed by atoms with Gasteiger partial charge < -0.3 is 5.11 Å². The van der Waals surface area contributed by atoms with Crippen molar-refractivity contribution in [1.82, 2.24) is 0 Å². The first kappa shape index (κ1) is 13.4. The molecule has 0 unspecified atom stereocenters. The van der Waals surface area contributed by atoms with Crippen molar-refractivity contribution in [2.24, 2.45) is 0 Å². The van der Waals surface area contributed by atoms with Crippen LogP contribution >= 0.6 is 27.3 Å². The van der Waals surface area contributed by atoms with Crippen molar-refractivity contribution in [3.8, 4) is 5.75 Å². The highest BCUT2D eigenvalue weighted by Crippen LogP contribution is 2.32. The third kappa shape index (κ3) is 2.68. The molecule has 2 aromatic rings. The van der Waals surface area contributed by atoms with E-state index in [2.05, 4.69) is 20.7 Å². The Bertz CT molecular complexity index is 659. The Kier molecular flexibility index (Phi) is 3.65. The maximum atomic E-state index is 12.1. The predicted octanol–water partition coefficient (Wildman–Crippen LogP) is 3.33. The van der Waals surface area contributed by atoms with Crippen LogP contribution in [0.4, 0.5) is 5.69 Å². The molecular weight excluding hydrogens is 338 g/mol. The van der Waals surface area contributed by atoms with Crippen LogP contribution in [0.5, 0.6) is 5.75 Å². The zero-order chi connectivity index (χ0) is 13.3. The molecule has 2 rings (SSSR count). The summed E-state index contributed by atoms with van der Waals surface area (Å²) in [6.45, 7) is 1.72. The Morgan fingerprint density at radius 1 is 1.28 bits per heavy atom. The van der Waals surface area contributed by atoms with Gasteiger partial charge in [0.05, 0.1) is 9.47 Å². The minimum atomic E-state index is -3.66. The summed E-state index contributed by atoms with van der Waals surface area (Å²) < 4.78 is 27.5. The average Bonchev–Trinajstić information content (AvgIpc) is 2.71. The van der Waals surface area contributed by atoms with Crippen molar-refractivity contribution < 1.29 is 13.5 Å². The Labute approximate surface area is 117 Å². The number of anilines is 1. The van der Waals surface area contributed by atoms with E-state index >= 15 is 0 Å². The van der Waals surface area contributed by atoms with Crippen LogP contribution in [-0.4, -0.2) is 13.5 Å². The van der Waals surface area contributed by atoms with E-state index in [1.54, 1.807) is 25.1 Å². The normalized spacial score (nSPS) is 11.4. The molecule has 4 nitrogen and oxygen atoms in total. The molecule has 1 aromatic heterocycles. The van der Waals surface area contributed by atoms with E-state index in [0.29, 0.717) is 5.56 Å². The molecule has 0 atom stereocenters. The lowest BCUT2D eigenvalue weighted by Crippen LogP contribution is -2.12. The first-order valence-electron chi connectivity index (χ1n) is 4.97. The number of hydrogen-bond donors (Lipinski definition) is 2. The zero-order valence-corrected chi connectivity index (χ0v) is 12.6. The van der Waals surface area contributed by atoms with Gasteiger partial charge in [-0.2, -0.15) is 0 Å². The lowest BCUT2D eigenvalue weighted by Gasteiger charge is -2.10. The number of benzene rings is 1. The topological polar surface area (TPSA) is 66.4 Å². The second kappa shape index (κ2) is 4.91. The number of aryl methyl sites for hydroxylation is 1. The summed E-state index contributed by atoms with van der Waals surface area (Å²) in [5, 5.41) is 9.67. The quantitative estimate of drug-likeness (QED) is 0.837. The number of halogens is 1. The van der Waals surface area contributed by atoms with Gasteiger partial charge in [0, 0.05) is 0 Å². The van der Waals surface area contributed by atoms with Crippen molar-refractivity contribution in [2.75, 3.05) is 4.72 Å². The molecule has 7 heteroatoms. The van der Waals surface area contributed by atoms with Crippen LogP contribution in [0.15, 0.2) is 38.3 Å². The van der Waals surface area contributed by atoms with Gasteiger partial charge in [-0.3, -0.25) is 4.72 Å². The van der Waals surface area contributed by atoms with Crippen molar-refractivity contribution in [3.63, 3.8) is 0 Å². The van der Waals surface area contributed by atoms with Crippen molar-refractivity contribution >= 4 is 43.0 Å². The van der Waals surface area contributed by atoms with Gasteiger partial charge >= 0.3 is 0 Å². The second-order valence-corrected chi connectivity index (χ2v) is 8.01. The molecule has 0 aliphatic rings. The summed E-state index contributed by atoms with van der Waals surface area (Å²) in [5.74, 6) is -0.0887. The van der Waals surface area contributed by atoms with Crippen molar-refractivity contribution in [1.29, 1.82) is 0 Å². The smallest absolute Gasteiger partial charge is 0.271 e. The van der Waals surface area contributed by atoms with Crippen LogP contribution in [0.1, 0.15) is 5.56 Å². The number of hydrogen-bond acceptors (Lipinski definition) is 4. The monoisotopic (exact) mass is 347 g/mol. The standard InChI is InChI=1S/C11H10BrNO3S2/c1-7-3-2-4-8(14)11(7)13-18(15,16)10-6-5-9(12)17-10/h2-6,13-14H,1H3. The van der Waals surface area contributed by atoms with E-state index in [4.69, 9.17) is 0 Å². The molecule has 0 aliphatic heterocycles. The lowest BCUT2D eigenvalue weighted by molar-refractivity contribution is 0.477. The van der Waals surface area contributed by atoms with Gasteiger partial charge in [0.25, 0.3) is 10.0 Å². The Morgan fingerprint density at radius 2 is 2.00 bits per heavy atom. The van der Waals surface area contributed by atoms with E-state index < -0.39 is 10.0 Å². The number of rotatable bonds is 3. The number of phenols is 1. The minimum absolute atomic E-state index is 0.0887. The van der Waals surface area contributed by atoms with Crippen molar-refractivity contribution in [2.45, 2.75) is 11.1 Å². The highest BCUT2D eigenvalue weighted by atomic mass is 79.9. The first-order valence-corrected chi connectivity index (χ1v) is 8.06. The van der Waals surface area contributed by atoms with Gasteiger partial charge in [0.2, 0.25) is 0 Å². The highest BCUT2D eigenvalue weighted by molar-refractivity contribution is 9.11. The summed E-state index contributed by atoms with van der Waals surface area (Å²) in [4.78, 5) is 0. The van der Waals surface area contributed by atoms with Gasteiger partial charge in [0.15, 0.2) is 0 Å². The Balaban J connectivity index is 2.40. The fourth-order valence-electron chi connectivity index (χ4n) is 1.41. The summed E-state index contributed by atoms with van der Waals surface area (Å²) in [7, 11) is -3.66. The maximum absolute atomic E-state index is 12.1. The van der Waals surface area contributed by atoms with Crippen molar-refractivity contribution in [3.05, 3.63) is 39.7 Å². The second-order valence-electron chi connectivity index (χ2n) is 3.63. The highest BCUT2D eigenvalue weighted by Gasteiger charge is 2.19. The van der Waals surface area contributed by atoms with E-state index in [1.807, 2.05) is 0 Å². The number of nitrogens with one attached hydrogen (secondary N) is 1. The van der Waals surface area contributed by atoms with Gasteiger partial charge in [-0.1, -0.05) is 12.1 Å². The van der Waals surface area contributed by atoms with E-state index in [1.165, 1.54) is 12.1 Å². The van der Waals surface area contributed by atoms with Gasteiger partial charge in [0.1, 0.15) is 9.96 Å². The SMILES string of the molecule is Cc1cccc(O)c1NS(=O)(=O)c1ccc(Br)s1. The third-order valence-electron chi connectivity index (χ3n) is 2.30. The van der Waals surface area contributed by atoms with Gasteiger partial charge in [-0.15, -0.1) is 11.3 Å². The summed E-state index contributed by atoms with van der Waals surface area (Å²) >= 11 is 4.33. The van der Waals surface area contributed by atoms with Gasteiger partial charge in [-0.05, 0) is 46.6 Å². The van der Waals surface area contributed by atoms with Crippen LogP contribution in [0.3, 0.4) is 0 Å². The predicted molar refractivity (Wildman–Crippen MR) is 75.7 cm³/mol. The molecule has 0 radical (unpaired) electrons. The van der Waals surface area contributed by atoms with Crippen LogP contribution in [0.25, 0.3) is 0 Å². The summed E-state index contributed by atoms with van der Waals surface area (Å²) in [6, 6.07) is 7.99. The average molecular weight is 348 g/mol. The number of aromatic hydroxyl groups is 1. The Hall–Kier alpha value is -1.05. The van der Waals surface area contributed by atoms with Gasteiger partial charge in [-0.25, -0.2) is 8.42 Å². The molecule has 0 saturated heterocycles. The fraction of sp³-hybridized carbons (Fsp3) is 0.0909. The summed E-state index contributed by atoms with van der Waals surface area (Å²) in [6.07, 6.45) is 0. The van der Waals surface area contributed by atoms with Crippen LogP contribution in [-0.2, 0) is 10.0 Å². The molecule has 0 amide bonds. The largest absolute Gasteiger partial charge is 0.506 e. The maximum Gasteiger partial charge on any atom is 0.271 e. The number of sulfonamides is 1. The molecule has 18 heavy (non-hydrogen) atoms. The molecule has 0 aliphatic carbocycles. The third-order valence-corrected chi connectivity index (χ3v) is 5.77. The van der Waals surface area contributed by atoms with Crippen LogP contribution in [0.2, 0.25) is 0 Å². The van der Waals surface area contributed by atoms with E-state index in [-0.39, 0.29) is 15.6 Å². The van der Waals surface area contributed by atoms with E-state index in [0.717, 1.165) is 15.1 Å². The van der Waals surface area contributed by atoms with Crippen LogP contribution in [0, 0.1) is 6.92 Å². The molecule has 0 fully saturated rings. The van der Waals surface area contributed by atoms with Crippen LogP contribution < -0.4 is 4.72 Å². The minimum Gasteiger partial charge on any atom is -0.506 e. The molecule has 2 N–H and O–H groups in total. The first-order chi connectivity index (χ1) is 8.40. The number of phenolic OH excluding ortho intramolecular Hbond substituents is 1. The molecule has 96 valence electrons. The fourth-order valence-corrected chi connectivity index (χ4v) is 4.57. The molecule has 1 aromatic carbocycles. The zero-order valence-electron chi connectivity index (χ0n) is 9.34. The lowest BCUT2D eigenvalue weighted by atomic mass is 10.2. The molecule has 0 bridgehead atoms. The molecular formula is C11H10BrNO3S2. The summed E-state index contributed by atoms with van der Waals surface area (Å²) in [5.41, 5.74) is 0.871. The molecule has 0 spiro atoms. The number of para-hydroxylation sites is 1. The van der Waals surface area contributed by atoms with E-state index in [9.17, 15) is 13.5 Å². The number of thiophene rings is 1. The Morgan fingerprint density at radius 3 is 2.56 bits per heavy atom.